The third kappa shape index (κ3) is 3.62. The van der Waals surface area contributed by atoms with Crippen LogP contribution in [0.1, 0.15) is 13.8 Å². The van der Waals surface area contributed by atoms with E-state index in [1.807, 2.05) is 6.92 Å². The molecule has 8 nitrogen and oxygen atoms in total. The molecule has 0 spiro atoms. The molecule has 19 heavy (non-hydrogen) atoms. The predicted molar refractivity (Wildman–Crippen MR) is 71.3 cm³/mol. The molecule has 0 amide bonds. The second-order valence-corrected chi connectivity index (χ2v) is 3.99. The molecule has 102 valence electrons. The maximum Gasteiger partial charge on any atom is 0.257 e. The van der Waals surface area contributed by atoms with Crippen LogP contribution in [0.5, 0.6) is 0 Å². The van der Waals surface area contributed by atoms with Crippen molar-refractivity contribution in [1.29, 1.82) is 0 Å². The molecule has 0 fully saturated rings. The molecule has 1 atom stereocenters. The minimum atomic E-state index is -0.479. The summed E-state index contributed by atoms with van der Waals surface area (Å²) in [5.74, 6) is 1.29. The molecule has 8 heteroatoms. The van der Waals surface area contributed by atoms with Gasteiger partial charge in [-0.1, -0.05) is 0 Å². The van der Waals surface area contributed by atoms with Crippen molar-refractivity contribution in [2.24, 2.45) is 0 Å². The number of rotatable bonds is 6. The first-order valence-corrected chi connectivity index (χ1v) is 6.11. The van der Waals surface area contributed by atoms with Crippen LogP contribution in [0.4, 0.5) is 11.9 Å². The van der Waals surface area contributed by atoms with Crippen LogP contribution in [-0.2, 0) is 0 Å². The molecule has 2 aromatic rings. The number of nitrogens with one attached hydrogen (secondary N) is 2. The summed E-state index contributed by atoms with van der Waals surface area (Å²) in [7, 11) is 0. The van der Waals surface area contributed by atoms with Gasteiger partial charge >= 0.3 is 0 Å². The Kier molecular flexibility index (Phi) is 4.24. The third-order valence-corrected chi connectivity index (χ3v) is 2.22. The van der Waals surface area contributed by atoms with Crippen LogP contribution >= 0.6 is 0 Å². The summed E-state index contributed by atoms with van der Waals surface area (Å²) in [5, 5.41) is 19.3. The Morgan fingerprint density at radius 2 is 2.00 bits per heavy atom. The summed E-state index contributed by atoms with van der Waals surface area (Å²) in [6.45, 7) is 4.72. The van der Waals surface area contributed by atoms with Crippen molar-refractivity contribution in [1.82, 2.24) is 24.7 Å². The van der Waals surface area contributed by atoms with Crippen molar-refractivity contribution in [3.05, 3.63) is 18.5 Å². The molecule has 0 bridgehead atoms. The molecule has 0 saturated heterocycles. The number of aromatic nitrogens is 5. The molecule has 2 rings (SSSR count). The van der Waals surface area contributed by atoms with E-state index in [1.54, 1.807) is 30.1 Å². The number of hydrogen-bond acceptors (Lipinski definition) is 7. The van der Waals surface area contributed by atoms with Gasteiger partial charge < -0.3 is 15.7 Å². The topological polar surface area (TPSA) is 101 Å². The largest absolute Gasteiger partial charge is 0.392 e. The first-order valence-electron chi connectivity index (χ1n) is 6.11. The van der Waals surface area contributed by atoms with E-state index < -0.39 is 6.10 Å². The molecule has 0 aliphatic heterocycles. The SMILES string of the molecule is CCNc1nc(NCC(C)O)nc(-n2cccn2)n1. The number of nitrogens with zero attached hydrogens (tertiary/aromatic N) is 5. The van der Waals surface area contributed by atoms with Crippen LogP contribution in [0.25, 0.3) is 5.95 Å². The zero-order chi connectivity index (χ0) is 13.7. The molecule has 0 aliphatic rings. The van der Waals surface area contributed by atoms with Crippen LogP contribution in [0, 0.1) is 0 Å². The number of aliphatic hydroxyl groups excluding tert-OH is 1. The number of anilines is 2. The monoisotopic (exact) mass is 263 g/mol. The zero-order valence-electron chi connectivity index (χ0n) is 10.9. The van der Waals surface area contributed by atoms with Crippen LogP contribution in [-0.4, -0.2) is 49.0 Å². The molecule has 0 saturated carbocycles. The minimum Gasteiger partial charge on any atom is -0.392 e. The summed E-state index contributed by atoms with van der Waals surface area (Å²) in [6.07, 6.45) is 2.93. The summed E-state index contributed by atoms with van der Waals surface area (Å²) in [6, 6.07) is 1.79. The van der Waals surface area contributed by atoms with Crippen molar-refractivity contribution >= 4 is 11.9 Å². The lowest BCUT2D eigenvalue weighted by Crippen LogP contribution is -2.19. The lowest BCUT2D eigenvalue weighted by Gasteiger charge is -2.10. The normalized spacial score (nSPS) is 12.2. The van der Waals surface area contributed by atoms with Crippen molar-refractivity contribution in [3.63, 3.8) is 0 Å². The Bertz CT molecular complexity index is 512. The smallest absolute Gasteiger partial charge is 0.257 e. The molecular formula is C11H17N7O. The first-order chi connectivity index (χ1) is 9.19. The van der Waals surface area contributed by atoms with Gasteiger partial charge in [-0.3, -0.25) is 0 Å². The van der Waals surface area contributed by atoms with Crippen LogP contribution in [0.2, 0.25) is 0 Å². The van der Waals surface area contributed by atoms with Gasteiger partial charge in [-0.2, -0.15) is 20.1 Å². The number of aliphatic hydroxyl groups is 1. The van der Waals surface area contributed by atoms with Gasteiger partial charge in [-0.15, -0.1) is 0 Å². The molecule has 1 unspecified atom stereocenters. The fraction of sp³-hybridized carbons (Fsp3) is 0.455. The molecule has 2 heterocycles. The predicted octanol–water partition coefficient (Wildman–Crippen LogP) is 0.282. The van der Waals surface area contributed by atoms with Gasteiger partial charge in [0.25, 0.3) is 5.95 Å². The summed E-state index contributed by atoms with van der Waals surface area (Å²) >= 11 is 0. The van der Waals surface area contributed by atoms with Gasteiger partial charge in [0.1, 0.15) is 0 Å². The van der Waals surface area contributed by atoms with Crippen molar-refractivity contribution in [2.75, 3.05) is 23.7 Å². The van der Waals surface area contributed by atoms with Gasteiger partial charge in [-0.25, -0.2) is 4.68 Å². The maximum atomic E-state index is 9.27. The standard InChI is InChI=1S/C11H17N7O/c1-3-12-9-15-10(13-7-8(2)19)17-11(16-9)18-6-4-5-14-18/h4-6,8,19H,3,7H2,1-2H3,(H2,12,13,15,16,17). The maximum absolute atomic E-state index is 9.27. The van der Waals surface area contributed by atoms with E-state index >= 15 is 0 Å². The van der Waals surface area contributed by atoms with Gasteiger partial charge in [0.05, 0.1) is 6.10 Å². The van der Waals surface area contributed by atoms with Crippen molar-refractivity contribution in [2.45, 2.75) is 20.0 Å². The van der Waals surface area contributed by atoms with Gasteiger partial charge in [-0.05, 0) is 19.9 Å². The fourth-order valence-electron chi connectivity index (χ4n) is 1.41. The second-order valence-electron chi connectivity index (χ2n) is 3.99. The van der Waals surface area contributed by atoms with Crippen LogP contribution in [0.3, 0.4) is 0 Å². The highest BCUT2D eigenvalue weighted by molar-refractivity contribution is 5.37. The Morgan fingerprint density at radius 3 is 2.58 bits per heavy atom. The lowest BCUT2D eigenvalue weighted by atomic mass is 10.4. The van der Waals surface area contributed by atoms with E-state index in [1.165, 1.54) is 0 Å². The molecule has 3 N–H and O–H groups in total. The minimum absolute atomic E-state index is 0.369. The van der Waals surface area contributed by atoms with Crippen molar-refractivity contribution < 1.29 is 5.11 Å². The van der Waals surface area contributed by atoms with E-state index in [-0.39, 0.29) is 0 Å². The van der Waals surface area contributed by atoms with E-state index in [9.17, 15) is 5.11 Å². The van der Waals surface area contributed by atoms with Crippen LogP contribution < -0.4 is 10.6 Å². The zero-order valence-corrected chi connectivity index (χ0v) is 10.9. The van der Waals surface area contributed by atoms with Gasteiger partial charge in [0.15, 0.2) is 0 Å². The van der Waals surface area contributed by atoms with E-state index in [0.717, 1.165) is 0 Å². The summed E-state index contributed by atoms with van der Waals surface area (Å²) in [5.41, 5.74) is 0. The van der Waals surface area contributed by atoms with Crippen molar-refractivity contribution in [3.8, 4) is 5.95 Å². The number of hydrogen-bond donors (Lipinski definition) is 3. The highest BCUT2D eigenvalue weighted by atomic mass is 16.3. The Morgan fingerprint density at radius 1 is 1.26 bits per heavy atom. The highest BCUT2D eigenvalue weighted by Gasteiger charge is 2.08. The average Bonchev–Trinajstić information content (AvgIpc) is 2.90. The quantitative estimate of drug-likeness (QED) is 0.688. The van der Waals surface area contributed by atoms with E-state index in [4.69, 9.17) is 0 Å². The summed E-state index contributed by atoms with van der Waals surface area (Å²) < 4.78 is 1.55. The molecule has 2 aromatic heterocycles. The fourth-order valence-corrected chi connectivity index (χ4v) is 1.41. The average molecular weight is 263 g/mol. The molecule has 0 radical (unpaired) electrons. The van der Waals surface area contributed by atoms with Gasteiger partial charge in [0.2, 0.25) is 11.9 Å². The summed E-state index contributed by atoms with van der Waals surface area (Å²) in [4.78, 5) is 12.7. The molecular weight excluding hydrogens is 246 g/mol. The first kappa shape index (κ1) is 13.2. The Hall–Kier alpha value is -2.22. The second kappa shape index (κ2) is 6.10. The highest BCUT2D eigenvalue weighted by Crippen LogP contribution is 2.08. The third-order valence-electron chi connectivity index (χ3n) is 2.22. The molecule has 0 aliphatic carbocycles. The molecule has 0 aromatic carbocycles. The van der Waals surface area contributed by atoms with Gasteiger partial charge in [0, 0.05) is 25.5 Å². The van der Waals surface area contributed by atoms with E-state index in [0.29, 0.717) is 30.9 Å². The Labute approximate surface area is 110 Å². The van der Waals surface area contributed by atoms with E-state index in [2.05, 4.69) is 30.7 Å². The van der Waals surface area contributed by atoms with Crippen LogP contribution in [0.15, 0.2) is 18.5 Å². The Balaban J connectivity index is 2.27. The lowest BCUT2D eigenvalue weighted by molar-refractivity contribution is 0.208.